The molecule has 0 bridgehead atoms. The molecule has 3 aromatic heterocycles. The van der Waals surface area contributed by atoms with Crippen molar-refractivity contribution < 1.29 is 13.9 Å². The molecule has 2 aromatic carbocycles. The predicted octanol–water partition coefficient (Wildman–Crippen LogP) is 5.57. The van der Waals surface area contributed by atoms with Crippen LogP contribution in [0.25, 0.3) is 26.8 Å². The third-order valence-corrected chi connectivity index (χ3v) is 7.32. The van der Waals surface area contributed by atoms with E-state index in [0.717, 1.165) is 39.0 Å². The molecule has 0 fully saturated rings. The van der Waals surface area contributed by atoms with Crippen LogP contribution in [0, 0.1) is 12.7 Å². The number of thiazole rings is 2. The van der Waals surface area contributed by atoms with E-state index in [1.54, 1.807) is 19.2 Å². The number of hydrogen-bond donors (Lipinski definition) is 1. The Bertz CT molecular complexity index is 1440. The Morgan fingerprint density at radius 3 is 2.52 bits per heavy atom. The predicted molar refractivity (Wildman–Crippen MR) is 128 cm³/mol. The van der Waals surface area contributed by atoms with Crippen LogP contribution in [0.4, 0.5) is 4.39 Å². The lowest BCUT2D eigenvalue weighted by Gasteiger charge is -2.03. The van der Waals surface area contributed by atoms with Gasteiger partial charge in [-0.3, -0.25) is 9.20 Å². The molecule has 9 heteroatoms. The summed E-state index contributed by atoms with van der Waals surface area (Å²) in [6.45, 7) is 2.23. The molecule has 0 atom stereocenters. The second kappa shape index (κ2) is 8.76. The smallest absolute Gasteiger partial charge is 0.263 e. The van der Waals surface area contributed by atoms with Gasteiger partial charge in [-0.05, 0) is 55.5 Å². The van der Waals surface area contributed by atoms with Crippen molar-refractivity contribution >= 4 is 33.5 Å². The molecular formula is C24H19FN4O2S2. The molecule has 0 aliphatic carbocycles. The fourth-order valence-electron chi connectivity index (χ4n) is 3.43. The summed E-state index contributed by atoms with van der Waals surface area (Å²) in [5.74, 6) is 0.349. The van der Waals surface area contributed by atoms with Gasteiger partial charge in [0.2, 0.25) is 0 Å². The van der Waals surface area contributed by atoms with Crippen LogP contribution in [-0.2, 0) is 6.54 Å². The summed E-state index contributed by atoms with van der Waals surface area (Å²) in [5, 5.41) is 5.79. The molecule has 1 amide bonds. The lowest BCUT2D eigenvalue weighted by molar-refractivity contribution is 0.0953. The number of ether oxygens (including phenoxy) is 1. The maximum Gasteiger partial charge on any atom is 0.263 e. The fourth-order valence-corrected chi connectivity index (χ4v) is 5.28. The molecule has 0 aliphatic heterocycles. The normalized spacial score (nSPS) is 11.1. The van der Waals surface area contributed by atoms with Crippen LogP contribution in [0.15, 0.2) is 60.1 Å². The monoisotopic (exact) mass is 478 g/mol. The van der Waals surface area contributed by atoms with Crippen molar-refractivity contribution in [2.45, 2.75) is 13.5 Å². The Kier molecular flexibility index (Phi) is 5.65. The molecule has 0 saturated heterocycles. The van der Waals surface area contributed by atoms with E-state index in [4.69, 9.17) is 4.74 Å². The number of benzene rings is 2. The van der Waals surface area contributed by atoms with E-state index < -0.39 is 0 Å². The number of nitrogens with zero attached hydrogens (tertiary/aromatic N) is 3. The molecule has 33 heavy (non-hydrogen) atoms. The number of rotatable bonds is 6. The highest BCUT2D eigenvalue weighted by molar-refractivity contribution is 7.19. The number of hydrogen-bond acceptors (Lipinski definition) is 6. The Labute approximate surface area is 197 Å². The summed E-state index contributed by atoms with van der Waals surface area (Å²) < 4.78 is 20.3. The highest BCUT2D eigenvalue weighted by Crippen LogP contribution is 2.28. The topological polar surface area (TPSA) is 68.5 Å². The van der Waals surface area contributed by atoms with Crippen molar-refractivity contribution in [1.29, 1.82) is 0 Å². The van der Waals surface area contributed by atoms with Crippen molar-refractivity contribution in [2.24, 2.45) is 0 Å². The highest BCUT2D eigenvalue weighted by atomic mass is 32.1. The second-order valence-electron chi connectivity index (χ2n) is 7.36. The Hall–Kier alpha value is -3.56. The van der Waals surface area contributed by atoms with Crippen LogP contribution < -0.4 is 10.1 Å². The molecule has 0 aliphatic rings. The molecule has 0 unspecified atom stereocenters. The lowest BCUT2D eigenvalue weighted by Crippen LogP contribution is -2.22. The average molecular weight is 479 g/mol. The number of halogens is 1. The van der Waals surface area contributed by atoms with Crippen LogP contribution in [0.3, 0.4) is 0 Å². The molecule has 0 saturated carbocycles. The van der Waals surface area contributed by atoms with Gasteiger partial charge in [-0.1, -0.05) is 11.3 Å². The largest absolute Gasteiger partial charge is 0.497 e. The minimum atomic E-state index is -0.286. The van der Waals surface area contributed by atoms with E-state index in [-0.39, 0.29) is 11.7 Å². The van der Waals surface area contributed by atoms with E-state index in [9.17, 15) is 9.18 Å². The summed E-state index contributed by atoms with van der Waals surface area (Å²) in [6, 6.07) is 13.9. The third-order valence-electron chi connectivity index (χ3n) is 5.22. The quantitative estimate of drug-likeness (QED) is 0.346. The molecule has 6 nitrogen and oxygen atoms in total. The maximum absolute atomic E-state index is 13.2. The van der Waals surface area contributed by atoms with Gasteiger partial charge in [0, 0.05) is 28.4 Å². The molecule has 166 valence electrons. The van der Waals surface area contributed by atoms with Crippen LogP contribution in [-0.4, -0.2) is 27.4 Å². The van der Waals surface area contributed by atoms with Gasteiger partial charge in [-0.25, -0.2) is 14.4 Å². The van der Waals surface area contributed by atoms with Gasteiger partial charge in [0.15, 0.2) is 4.96 Å². The van der Waals surface area contributed by atoms with E-state index in [2.05, 4.69) is 15.3 Å². The first-order chi connectivity index (χ1) is 16.0. The fraction of sp³-hybridized carbons (Fsp3) is 0.125. The first-order valence-corrected chi connectivity index (χ1v) is 11.8. The van der Waals surface area contributed by atoms with Crippen molar-refractivity contribution in [2.75, 3.05) is 7.11 Å². The van der Waals surface area contributed by atoms with Gasteiger partial charge in [-0.2, -0.15) is 0 Å². The van der Waals surface area contributed by atoms with Gasteiger partial charge in [-0.15, -0.1) is 11.3 Å². The average Bonchev–Trinajstić information content (AvgIpc) is 3.55. The molecule has 3 heterocycles. The van der Waals surface area contributed by atoms with Crippen molar-refractivity contribution in [3.05, 3.63) is 82.2 Å². The minimum absolute atomic E-state index is 0.162. The van der Waals surface area contributed by atoms with E-state index >= 15 is 0 Å². The number of aromatic nitrogens is 3. The first-order valence-electron chi connectivity index (χ1n) is 10.1. The summed E-state index contributed by atoms with van der Waals surface area (Å²) in [4.78, 5) is 23.4. The van der Waals surface area contributed by atoms with Gasteiger partial charge in [0.05, 0.1) is 25.0 Å². The molecule has 0 spiro atoms. The lowest BCUT2D eigenvalue weighted by atomic mass is 10.2. The van der Waals surface area contributed by atoms with E-state index in [1.165, 1.54) is 34.8 Å². The number of carbonyl (C=O) groups excluding carboxylic acids is 1. The Morgan fingerprint density at radius 1 is 1.09 bits per heavy atom. The zero-order valence-electron chi connectivity index (χ0n) is 17.8. The first kappa shape index (κ1) is 21.3. The van der Waals surface area contributed by atoms with Crippen LogP contribution in [0.2, 0.25) is 0 Å². The molecule has 0 radical (unpaired) electrons. The Morgan fingerprint density at radius 2 is 1.82 bits per heavy atom. The number of amides is 1. The number of aryl methyl sites for hydroxylation is 1. The summed E-state index contributed by atoms with van der Waals surface area (Å²) in [5.41, 5.74) is 4.19. The summed E-state index contributed by atoms with van der Waals surface area (Å²) >= 11 is 2.86. The van der Waals surface area contributed by atoms with Crippen molar-refractivity contribution in [3.8, 4) is 27.6 Å². The molecular weight excluding hydrogens is 459 g/mol. The number of methoxy groups -OCH3 is 1. The zero-order valence-corrected chi connectivity index (χ0v) is 19.5. The molecule has 5 rings (SSSR count). The zero-order chi connectivity index (χ0) is 22.9. The Balaban J connectivity index is 1.28. The number of fused-ring (bicyclic) bond motifs is 1. The van der Waals surface area contributed by atoms with Gasteiger partial charge >= 0.3 is 0 Å². The second-order valence-corrected chi connectivity index (χ2v) is 9.19. The summed E-state index contributed by atoms with van der Waals surface area (Å²) in [6.07, 6.45) is 1.87. The maximum atomic E-state index is 13.2. The molecule has 5 aromatic rings. The number of nitrogens with one attached hydrogen (secondary N) is 1. The highest BCUT2D eigenvalue weighted by Gasteiger charge is 2.18. The van der Waals surface area contributed by atoms with Gasteiger partial charge in [0.25, 0.3) is 5.91 Å². The van der Waals surface area contributed by atoms with E-state index in [0.29, 0.717) is 16.4 Å². The summed E-state index contributed by atoms with van der Waals surface area (Å²) in [7, 11) is 1.64. The SMILES string of the molecule is COc1ccc(-c2nc(CNC(=O)c3sc4nc(-c5ccc(F)cc5)cn4c3C)cs2)cc1. The minimum Gasteiger partial charge on any atom is -0.497 e. The van der Waals surface area contributed by atoms with Gasteiger partial charge < -0.3 is 10.1 Å². The van der Waals surface area contributed by atoms with E-state index in [1.807, 2.05) is 47.2 Å². The molecule has 1 N–H and O–H groups in total. The van der Waals surface area contributed by atoms with Crippen LogP contribution in [0.5, 0.6) is 5.75 Å². The number of imidazole rings is 1. The van der Waals surface area contributed by atoms with Gasteiger partial charge in [0.1, 0.15) is 21.5 Å². The number of carbonyl (C=O) groups is 1. The van der Waals surface area contributed by atoms with Crippen molar-refractivity contribution in [3.63, 3.8) is 0 Å². The van der Waals surface area contributed by atoms with Crippen LogP contribution in [0.1, 0.15) is 21.1 Å². The van der Waals surface area contributed by atoms with Crippen molar-refractivity contribution in [1.82, 2.24) is 19.7 Å². The standard InChI is InChI=1S/C24H19FN4O2S2/c1-14-21(33-24-28-20(12-29(14)24)15-3-7-17(25)8-4-15)22(30)26-11-18-13-32-23(27-18)16-5-9-19(31-2)10-6-16/h3-10,12-13H,11H2,1-2H3,(H,26,30). The van der Waals surface area contributed by atoms with Crippen LogP contribution >= 0.6 is 22.7 Å². The third kappa shape index (κ3) is 4.24.